The quantitative estimate of drug-likeness (QED) is 0.112. The van der Waals surface area contributed by atoms with Crippen molar-refractivity contribution in [1.82, 2.24) is 19.5 Å². The molecule has 10 aromatic rings. The van der Waals surface area contributed by atoms with Crippen molar-refractivity contribution in [2.24, 2.45) is 5.92 Å². The molecule has 0 aliphatic heterocycles. The van der Waals surface area contributed by atoms with Crippen LogP contribution in [0.3, 0.4) is 0 Å². The third-order valence-corrected chi connectivity index (χ3v) is 14.2. The number of rotatable bonds is 8. The Hall–Kier alpha value is -6.24. The van der Waals surface area contributed by atoms with Crippen molar-refractivity contribution in [3.8, 4) is 50.6 Å². The molecule has 0 saturated carbocycles. The van der Waals surface area contributed by atoms with Crippen molar-refractivity contribution in [1.29, 1.82) is 0 Å². The number of para-hydroxylation sites is 2. The molecule has 0 saturated heterocycles. The molecule has 0 unspecified atom stereocenters. The predicted molar refractivity (Wildman–Crippen MR) is 275 cm³/mol. The van der Waals surface area contributed by atoms with Crippen LogP contribution >= 0.6 is 0 Å². The van der Waals surface area contributed by atoms with Gasteiger partial charge in [0.25, 0.3) is 0 Å². The van der Waals surface area contributed by atoms with Gasteiger partial charge in [-0.1, -0.05) is 150 Å². The number of fused-ring (bicyclic) bond motifs is 4. The summed E-state index contributed by atoms with van der Waals surface area (Å²) in [6.45, 7) is 20.5. The van der Waals surface area contributed by atoms with E-state index < -0.39 is 8.07 Å². The van der Waals surface area contributed by atoms with Gasteiger partial charge < -0.3 is 14.0 Å². The third-order valence-electron chi connectivity index (χ3n) is 12.1. The normalized spacial score (nSPS) is 11.8. The second-order valence-corrected chi connectivity index (χ2v) is 24.5. The standard InChI is InChI=1S/C41H32N3O.C18H24NSi.Ir/c1-26-38-31(22-23-42-26)30-18-13-19-32(39(30)45-38)40-43-35-20-11-12-21-36(35)44(40)37-33(27-14-7-5-8-15-27)24-29(41(2,3)4)25-34(37)28-16-9-6-10-17-28;1-14(2)11-16-12-17(15-9-7-6-8-10-15)19-13-18(16)20(3,4)5;/h5-18,20-25H,1-4H3;6-9,12-14H,11H2,1-5H3;/q2*-1;. The fourth-order valence-electron chi connectivity index (χ4n) is 8.85. The largest absolute Gasteiger partial charge is 0.499 e. The molecule has 5 nitrogen and oxygen atoms in total. The minimum atomic E-state index is -1.34. The molecule has 7 heteroatoms. The molecule has 6 aromatic carbocycles. The Labute approximate surface area is 404 Å². The van der Waals surface area contributed by atoms with Crippen LogP contribution in [0.2, 0.25) is 19.6 Å². The van der Waals surface area contributed by atoms with E-state index in [1.165, 1.54) is 16.3 Å². The van der Waals surface area contributed by atoms with Gasteiger partial charge in [-0.05, 0) is 82.6 Å². The summed E-state index contributed by atoms with van der Waals surface area (Å²) in [6.07, 6.45) is 5.08. The number of hydrogen-bond donors (Lipinski definition) is 0. The molecular formula is C59H56IrN4OSi-2. The average Bonchev–Trinajstić information content (AvgIpc) is 3.89. The number of imidazole rings is 1. The van der Waals surface area contributed by atoms with Gasteiger partial charge in [-0.25, -0.2) is 0 Å². The van der Waals surface area contributed by atoms with E-state index in [9.17, 15) is 0 Å². The number of aromatic nitrogens is 4. The number of nitrogens with zero attached hydrogens (tertiary/aromatic N) is 4. The number of furan rings is 1. The van der Waals surface area contributed by atoms with Crippen molar-refractivity contribution < 1.29 is 24.5 Å². The van der Waals surface area contributed by atoms with Crippen molar-refractivity contribution in [3.05, 3.63) is 187 Å². The number of pyridine rings is 2. The van der Waals surface area contributed by atoms with Gasteiger partial charge >= 0.3 is 0 Å². The van der Waals surface area contributed by atoms with Gasteiger partial charge in [0.2, 0.25) is 0 Å². The molecular weight excluding hydrogens is 1000 g/mol. The van der Waals surface area contributed by atoms with Crippen molar-refractivity contribution in [2.75, 3.05) is 0 Å². The van der Waals surface area contributed by atoms with E-state index >= 15 is 0 Å². The fourth-order valence-corrected chi connectivity index (χ4v) is 10.4. The Morgan fingerprint density at radius 1 is 0.697 bits per heavy atom. The molecule has 0 fully saturated rings. The Morgan fingerprint density at radius 2 is 1.33 bits per heavy atom. The maximum absolute atomic E-state index is 6.60. The molecule has 66 heavy (non-hydrogen) atoms. The van der Waals surface area contributed by atoms with E-state index in [0.29, 0.717) is 5.92 Å². The van der Waals surface area contributed by atoms with Crippen LogP contribution in [0.4, 0.5) is 0 Å². The van der Waals surface area contributed by atoms with Crippen molar-refractivity contribution in [2.45, 2.75) is 73.0 Å². The van der Waals surface area contributed by atoms with Crippen LogP contribution in [0.15, 0.2) is 162 Å². The van der Waals surface area contributed by atoms with Gasteiger partial charge in [0, 0.05) is 49.0 Å². The summed E-state index contributed by atoms with van der Waals surface area (Å²) in [4.78, 5) is 14.5. The predicted octanol–water partition coefficient (Wildman–Crippen LogP) is 15.0. The average molecular weight is 1060 g/mol. The summed E-state index contributed by atoms with van der Waals surface area (Å²) >= 11 is 0. The van der Waals surface area contributed by atoms with E-state index in [4.69, 9.17) is 9.40 Å². The minimum Gasteiger partial charge on any atom is -0.499 e. The van der Waals surface area contributed by atoms with Crippen LogP contribution in [0.1, 0.15) is 51.4 Å². The van der Waals surface area contributed by atoms with Gasteiger partial charge in [0.1, 0.15) is 5.58 Å². The Bertz CT molecular complexity index is 3230. The molecule has 0 aliphatic carbocycles. The molecule has 0 spiro atoms. The molecule has 0 N–H and O–H groups in total. The zero-order valence-electron chi connectivity index (χ0n) is 39.3. The van der Waals surface area contributed by atoms with Gasteiger partial charge in [0.05, 0.1) is 41.9 Å². The summed E-state index contributed by atoms with van der Waals surface area (Å²) in [6, 6.07) is 57.6. The molecule has 0 bridgehead atoms. The van der Waals surface area contributed by atoms with Crippen LogP contribution in [-0.4, -0.2) is 27.6 Å². The molecule has 1 radical (unpaired) electrons. The Kier molecular flexibility index (Phi) is 13.3. The summed E-state index contributed by atoms with van der Waals surface area (Å²) in [5, 5.41) is 3.56. The van der Waals surface area contributed by atoms with Gasteiger partial charge in [-0.15, -0.1) is 54.1 Å². The maximum Gasteiger partial charge on any atom is 0.142 e. The molecule has 0 aliphatic rings. The van der Waals surface area contributed by atoms with E-state index in [0.717, 1.165) is 95.7 Å². The first kappa shape index (κ1) is 46.3. The molecule has 10 rings (SSSR count). The van der Waals surface area contributed by atoms with Crippen LogP contribution in [-0.2, 0) is 31.9 Å². The smallest absolute Gasteiger partial charge is 0.142 e. The number of aryl methyl sites for hydroxylation is 1. The summed E-state index contributed by atoms with van der Waals surface area (Å²) < 4.78 is 8.92. The Balaban J connectivity index is 0.000000238. The van der Waals surface area contributed by atoms with E-state index in [1.54, 1.807) is 0 Å². The van der Waals surface area contributed by atoms with E-state index in [-0.39, 0.29) is 25.5 Å². The SMILES string of the molecule is CC(C)Cc1cc(-c2[c-]cccc2)ncc1[Si](C)(C)C.Cc1nccc2c1oc1c(-c3nc4ccccc4n3-c3c(-c4ccccc4)cc(C(C)(C)C)cc3-c3ccccc3)[c-]ccc12.[Ir]. The second kappa shape index (κ2) is 18.9. The zero-order chi connectivity index (χ0) is 45.5. The molecule has 4 heterocycles. The maximum atomic E-state index is 6.60. The van der Waals surface area contributed by atoms with Crippen LogP contribution in [0.5, 0.6) is 0 Å². The Morgan fingerprint density at radius 3 is 1.95 bits per heavy atom. The first-order valence-corrected chi connectivity index (χ1v) is 26.2. The van der Waals surface area contributed by atoms with Crippen LogP contribution in [0.25, 0.3) is 83.6 Å². The number of benzene rings is 6. The summed E-state index contributed by atoms with van der Waals surface area (Å²) in [5.41, 5.74) is 15.6. The second-order valence-electron chi connectivity index (χ2n) is 19.5. The van der Waals surface area contributed by atoms with E-state index in [1.807, 2.05) is 49.5 Å². The van der Waals surface area contributed by atoms with Gasteiger partial charge in [-0.2, -0.15) is 0 Å². The molecule has 0 amide bonds. The molecule has 0 atom stereocenters. The third kappa shape index (κ3) is 9.26. The topological polar surface area (TPSA) is 56.7 Å². The van der Waals surface area contributed by atoms with Crippen LogP contribution < -0.4 is 5.19 Å². The van der Waals surface area contributed by atoms with E-state index in [2.05, 4.69) is 196 Å². The first-order valence-electron chi connectivity index (χ1n) is 22.7. The first-order chi connectivity index (χ1) is 31.3. The minimum absolute atomic E-state index is 0. The fraction of sp³-hybridized carbons (Fsp3) is 0.203. The van der Waals surface area contributed by atoms with Crippen molar-refractivity contribution >= 4 is 46.2 Å². The van der Waals surface area contributed by atoms with Gasteiger partial charge in [0.15, 0.2) is 0 Å². The zero-order valence-corrected chi connectivity index (χ0v) is 42.7. The van der Waals surface area contributed by atoms with Gasteiger partial charge in [-0.3, -0.25) is 9.97 Å². The monoisotopic (exact) mass is 1060 g/mol. The molecule has 4 aromatic heterocycles. The summed E-state index contributed by atoms with van der Waals surface area (Å²) in [5.74, 6) is 1.45. The van der Waals surface area contributed by atoms with Crippen molar-refractivity contribution in [3.63, 3.8) is 0 Å². The van der Waals surface area contributed by atoms with Crippen LogP contribution in [0, 0.1) is 25.0 Å². The summed E-state index contributed by atoms with van der Waals surface area (Å²) in [7, 11) is -1.34. The number of hydrogen-bond acceptors (Lipinski definition) is 4. The molecule has 333 valence electrons.